The first-order valence-electron chi connectivity index (χ1n) is 1.60. The molecule has 0 fully saturated rings. The van der Waals surface area contributed by atoms with Crippen LogP contribution in [0.4, 0.5) is 0 Å². The van der Waals surface area contributed by atoms with Crippen molar-refractivity contribution >= 4 is 33.7 Å². The van der Waals surface area contributed by atoms with Crippen molar-refractivity contribution in [3.8, 4) is 0 Å². The van der Waals surface area contributed by atoms with Crippen molar-refractivity contribution < 1.29 is 8.76 Å². The van der Waals surface area contributed by atoms with Gasteiger partial charge in [0.2, 0.25) is 0 Å². The molecule has 0 aromatic rings. The molecule has 0 amide bonds. The minimum absolute atomic E-state index is 0.239. The zero-order chi connectivity index (χ0) is 5.70. The van der Waals surface area contributed by atoms with Crippen LogP contribution in [0.5, 0.6) is 0 Å². The summed E-state index contributed by atoms with van der Waals surface area (Å²) in [5.41, 5.74) is 0. The summed E-state index contributed by atoms with van der Waals surface area (Å²) in [7, 11) is 0. The molecule has 0 spiro atoms. The molecule has 0 saturated carbocycles. The molecule has 42 valence electrons. The molecule has 0 saturated heterocycles. The Balaban J connectivity index is 3.14. The fraction of sp³-hybridized carbons (Fsp3) is 0.333. The third kappa shape index (κ3) is 6.58. The second kappa shape index (κ2) is 4.73. The number of halogens is 1. The molecule has 1 N–H and O–H groups in total. The van der Waals surface area contributed by atoms with E-state index < -0.39 is 11.1 Å². The van der Waals surface area contributed by atoms with E-state index in [1.165, 1.54) is 0 Å². The topological polar surface area (TPSA) is 37.3 Å². The van der Waals surface area contributed by atoms with Crippen LogP contribution in [0.1, 0.15) is 0 Å². The van der Waals surface area contributed by atoms with Crippen LogP contribution < -0.4 is 0 Å². The van der Waals surface area contributed by atoms with Crippen molar-refractivity contribution in [1.29, 1.82) is 0 Å². The van der Waals surface area contributed by atoms with Crippen LogP contribution in [0.2, 0.25) is 0 Å². The molecule has 0 aliphatic carbocycles. The number of hydrogen-bond donors (Lipinski definition) is 1. The number of rotatable bonds is 2. The van der Waals surface area contributed by atoms with Gasteiger partial charge in [-0.15, -0.1) is 0 Å². The fourth-order valence-electron chi connectivity index (χ4n) is 0.119. The highest BCUT2D eigenvalue weighted by Gasteiger charge is 1.81. The van der Waals surface area contributed by atoms with Gasteiger partial charge in [-0.25, -0.2) is 4.21 Å². The van der Waals surface area contributed by atoms with Gasteiger partial charge in [0.25, 0.3) is 0 Å². The first-order chi connectivity index (χ1) is 3.27. The van der Waals surface area contributed by atoms with Crippen molar-refractivity contribution in [3.63, 3.8) is 0 Å². The van der Waals surface area contributed by atoms with Crippen LogP contribution in [0.3, 0.4) is 0 Å². The van der Waals surface area contributed by atoms with Gasteiger partial charge in [0.15, 0.2) is 11.1 Å². The van der Waals surface area contributed by atoms with E-state index in [-0.39, 0.29) is 5.75 Å². The Bertz CT molecular complexity index is 90.9. The van der Waals surface area contributed by atoms with Crippen LogP contribution >= 0.6 is 22.6 Å². The molecule has 7 heavy (non-hydrogen) atoms. The SMILES string of the molecule is O=S(O)CC=CI. The van der Waals surface area contributed by atoms with E-state index in [0.29, 0.717) is 0 Å². The summed E-state index contributed by atoms with van der Waals surface area (Å²) >= 11 is 0.338. The molecule has 0 aromatic heterocycles. The Morgan fingerprint density at radius 3 is 2.57 bits per heavy atom. The molecule has 0 rings (SSSR count). The van der Waals surface area contributed by atoms with Gasteiger partial charge in [-0.2, -0.15) is 0 Å². The summed E-state index contributed by atoms with van der Waals surface area (Å²) in [5.74, 6) is 0.239. The van der Waals surface area contributed by atoms with Crippen molar-refractivity contribution in [2.75, 3.05) is 5.75 Å². The standard InChI is InChI=1S/C3H5IO2S/c4-2-1-3-7(5)6/h1-2H,3H2,(H,5,6). The summed E-state index contributed by atoms with van der Waals surface area (Å²) in [5, 5.41) is 0. The summed E-state index contributed by atoms with van der Waals surface area (Å²) in [6.07, 6.45) is 1.64. The summed E-state index contributed by atoms with van der Waals surface area (Å²) in [6, 6.07) is 0. The Morgan fingerprint density at radius 1 is 1.86 bits per heavy atom. The van der Waals surface area contributed by atoms with Gasteiger partial charge < -0.3 is 4.55 Å². The van der Waals surface area contributed by atoms with Crippen LogP contribution in [-0.4, -0.2) is 14.5 Å². The second-order valence-corrected chi connectivity index (χ2v) is 2.55. The molecule has 0 aliphatic heterocycles. The quantitative estimate of drug-likeness (QED) is 0.572. The minimum atomic E-state index is -1.66. The Morgan fingerprint density at radius 2 is 2.43 bits per heavy atom. The molecule has 0 aromatic carbocycles. The Kier molecular flexibility index (Phi) is 5.12. The third-order valence-corrected chi connectivity index (χ3v) is 1.31. The molecule has 4 heteroatoms. The van der Waals surface area contributed by atoms with Crippen LogP contribution in [0.15, 0.2) is 10.2 Å². The highest BCUT2D eigenvalue weighted by molar-refractivity contribution is 14.1. The normalized spacial score (nSPS) is 15.1. The van der Waals surface area contributed by atoms with Crippen molar-refractivity contribution in [1.82, 2.24) is 0 Å². The third-order valence-electron chi connectivity index (χ3n) is 0.328. The molecular formula is C3H5IO2S. The first kappa shape index (κ1) is 7.58. The lowest BCUT2D eigenvalue weighted by Gasteiger charge is -1.78. The summed E-state index contributed by atoms with van der Waals surface area (Å²) < 4.78 is 19.6. The first-order valence-corrected chi connectivity index (χ1v) is 4.12. The minimum Gasteiger partial charge on any atom is -0.306 e. The zero-order valence-corrected chi connectivity index (χ0v) is 6.48. The zero-order valence-electron chi connectivity index (χ0n) is 3.50. The predicted molar refractivity (Wildman–Crippen MR) is 38.8 cm³/mol. The van der Waals surface area contributed by atoms with Crippen molar-refractivity contribution in [3.05, 3.63) is 10.2 Å². The largest absolute Gasteiger partial charge is 0.306 e. The maximum absolute atomic E-state index is 9.81. The van der Waals surface area contributed by atoms with E-state index >= 15 is 0 Å². The maximum atomic E-state index is 9.81. The lowest BCUT2D eigenvalue weighted by atomic mass is 10.8. The predicted octanol–water partition coefficient (Wildman–Crippen LogP) is 1.16. The average molecular weight is 232 g/mol. The molecule has 0 aliphatic rings. The van der Waals surface area contributed by atoms with E-state index in [1.807, 2.05) is 22.6 Å². The molecule has 2 nitrogen and oxygen atoms in total. The smallest absolute Gasteiger partial charge is 0.156 e. The van der Waals surface area contributed by atoms with Crippen molar-refractivity contribution in [2.45, 2.75) is 0 Å². The van der Waals surface area contributed by atoms with Crippen LogP contribution in [-0.2, 0) is 11.1 Å². The summed E-state index contributed by atoms with van der Waals surface area (Å²) in [4.78, 5) is 0. The van der Waals surface area contributed by atoms with Crippen LogP contribution in [0.25, 0.3) is 0 Å². The van der Waals surface area contributed by atoms with E-state index in [2.05, 4.69) is 0 Å². The monoisotopic (exact) mass is 232 g/mol. The Hall–Kier alpha value is 0.580. The van der Waals surface area contributed by atoms with Gasteiger partial charge in [0.05, 0.1) is 5.75 Å². The molecule has 0 radical (unpaired) electrons. The van der Waals surface area contributed by atoms with Gasteiger partial charge >= 0.3 is 0 Å². The molecule has 1 unspecified atom stereocenters. The van der Waals surface area contributed by atoms with Gasteiger partial charge in [0.1, 0.15) is 0 Å². The van der Waals surface area contributed by atoms with Gasteiger partial charge in [0, 0.05) is 0 Å². The van der Waals surface area contributed by atoms with E-state index in [0.717, 1.165) is 0 Å². The highest BCUT2D eigenvalue weighted by Crippen LogP contribution is 1.83. The average Bonchev–Trinajstić information content (AvgIpc) is 1.61. The van der Waals surface area contributed by atoms with E-state index in [9.17, 15) is 4.21 Å². The van der Waals surface area contributed by atoms with E-state index in [1.54, 1.807) is 10.2 Å². The lowest BCUT2D eigenvalue weighted by molar-refractivity contribution is 0.567. The van der Waals surface area contributed by atoms with E-state index in [4.69, 9.17) is 4.55 Å². The fourth-order valence-corrected chi connectivity index (χ4v) is 0.979. The molecule has 0 heterocycles. The summed E-state index contributed by atoms with van der Waals surface area (Å²) in [6.45, 7) is 0. The van der Waals surface area contributed by atoms with Crippen LogP contribution in [0, 0.1) is 0 Å². The van der Waals surface area contributed by atoms with Gasteiger partial charge in [-0.05, 0) is 4.08 Å². The van der Waals surface area contributed by atoms with Gasteiger partial charge in [-0.1, -0.05) is 28.7 Å². The van der Waals surface area contributed by atoms with Crippen molar-refractivity contribution in [2.24, 2.45) is 0 Å². The molecule has 1 atom stereocenters. The number of hydrogen-bond acceptors (Lipinski definition) is 1. The maximum Gasteiger partial charge on any atom is 0.156 e. The second-order valence-electron chi connectivity index (χ2n) is 0.850. The molecule has 0 bridgehead atoms. The molecular weight excluding hydrogens is 227 g/mol. The highest BCUT2D eigenvalue weighted by atomic mass is 127. The Labute approximate surface area is 58.4 Å². The lowest BCUT2D eigenvalue weighted by Crippen LogP contribution is -1.87. The van der Waals surface area contributed by atoms with Gasteiger partial charge in [-0.3, -0.25) is 0 Å².